The molecular weight excluding hydrogens is 316 g/mol. The second kappa shape index (κ2) is 7.38. The normalized spacial score (nSPS) is 13.9. The molecule has 2 aromatic rings. The zero-order chi connectivity index (χ0) is 17.8. The number of carbonyl (C=O) groups excluding carboxylic acids is 2. The van der Waals surface area contributed by atoms with Gasteiger partial charge in [0.15, 0.2) is 6.04 Å². The molecule has 0 saturated heterocycles. The molecule has 0 radical (unpaired) electrons. The van der Waals surface area contributed by atoms with E-state index < -0.39 is 6.04 Å². The Morgan fingerprint density at radius 3 is 2.64 bits per heavy atom. The molecule has 2 aromatic carbocycles. The number of esters is 1. The fraction of sp³-hybridized carbons (Fsp3) is 0.300. The van der Waals surface area contributed by atoms with Crippen LogP contribution >= 0.6 is 0 Å². The molecule has 5 nitrogen and oxygen atoms in total. The average molecular weight is 338 g/mol. The number of fused-ring (bicyclic) bond motifs is 1. The summed E-state index contributed by atoms with van der Waals surface area (Å²) >= 11 is 0. The number of hydrogen-bond donors (Lipinski definition) is 1. The fourth-order valence-electron chi connectivity index (χ4n) is 3.13. The Hall–Kier alpha value is -2.82. The van der Waals surface area contributed by atoms with Gasteiger partial charge in [-0.15, -0.1) is 0 Å². The third kappa shape index (κ3) is 3.65. The van der Waals surface area contributed by atoms with Gasteiger partial charge in [0.2, 0.25) is 5.91 Å². The maximum atomic E-state index is 12.4. The van der Waals surface area contributed by atoms with Gasteiger partial charge in [0.05, 0.1) is 6.61 Å². The molecule has 0 saturated carbocycles. The van der Waals surface area contributed by atoms with Crippen molar-refractivity contribution in [3.8, 4) is 0 Å². The summed E-state index contributed by atoms with van der Waals surface area (Å²) in [5, 5.41) is 3.28. The Bertz CT molecular complexity index is 774. The molecule has 1 heterocycles. The Morgan fingerprint density at radius 2 is 1.96 bits per heavy atom. The van der Waals surface area contributed by atoms with Gasteiger partial charge in [-0.05, 0) is 42.7 Å². The minimum atomic E-state index is -0.565. The van der Waals surface area contributed by atoms with E-state index in [4.69, 9.17) is 4.74 Å². The van der Waals surface area contributed by atoms with Crippen molar-refractivity contribution in [2.75, 3.05) is 23.4 Å². The van der Waals surface area contributed by atoms with E-state index in [9.17, 15) is 9.59 Å². The first kappa shape index (κ1) is 17.0. The second-order valence-corrected chi connectivity index (χ2v) is 6.00. The van der Waals surface area contributed by atoms with Crippen LogP contribution in [-0.4, -0.2) is 25.0 Å². The van der Waals surface area contributed by atoms with E-state index in [0.717, 1.165) is 28.9 Å². The highest BCUT2D eigenvalue weighted by Gasteiger charge is 2.25. The average Bonchev–Trinajstić information content (AvgIpc) is 3.04. The summed E-state index contributed by atoms with van der Waals surface area (Å²) in [7, 11) is 0. The van der Waals surface area contributed by atoms with Gasteiger partial charge in [0, 0.05) is 24.8 Å². The molecular formula is C20H22N2O3. The predicted molar refractivity (Wildman–Crippen MR) is 97.6 cm³/mol. The van der Waals surface area contributed by atoms with Crippen molar-refractivity contribution in [3.63, 3.8) is 0 Å². The SMILES string of the molecule is CCOC(=O)C(Nc1ccc2c(c1)CCN2C(C)=O)c1ccccc1. The van der Waals surface area contributed by atoms with E-state index >= 15 is 0 Å². The molecule has 0 spiro atoms. The lowest BCUT2D eigenvalue weighted by atomic mass is 10.1. The molecule has 1 aliphatic heterocycles. The van der Waals surface area contributed by atoms with Crippen molar-refractivity contribution in [3.05, 3.63) is 59.7 Å². The molecule has 0 bridgehead atoms. The first-order chi connectivity index (χ1) is 12.1. The van der Waals surface area contributed by atoms with Gasteiger partial charge in [0.25, 0.3) is 0 Å². The van der Waals surface area contributed by atoms with E-state index in [1.807, 2.05) is 48.5 Å². The number of ether oxygens (including phenoxy) is 1. The van der Waals surface area contributed by atoms with Gasteiger partial charge in [-0.25, -0.2) is 4.79 Å². The molecule has 1 amide bonds. The lowest BCUT2D eigenvalue weighted by molar-refractivity contribution is -0.144. The maximum Gasteiger partial charge on any atom is 0.333 e. The summed E-state index contributed by atoms with van der Waals surface area (Å²) in [6.07, 6.45) is 0.819. The highest BCUT2D eigenvalue weighted by atomic mass is 16.5. The highest BCUT2D eigenvalue weighted by Crippen LogP contribution is 2.32. The van der Waals surface area contributed by atoms with Gasteiger partial charge >= 0.3 is 5.97 Å². The number of rotatable bonds is 5. The molecule has 1 unspecified atom stereocenters. The lowest BCUT2D eigenvalue weighted by Gasteiger charge is -2.20. The zero-order valence-electron chi connectivity index (χ0n) is 14.5. The maximum absolute atomic E-state index is 12.4. The van der Waals surface area contributed by atoms with Crippen LogP contribution in [0.25, 0.3) is 0 Å². The van der Waals surface area contributed by atoms with Crippen molar-refractivity contribution < 1.29 is 14.3 Å². The smallest absolute Gasteiger partial charge is 0.333 e. The van der Waals surface area contributed by atoms with E-state index in [1.54, 1.807) is 18.7 Å². The van der Waals surface area contributed by atoms with Crippen LogP contribution in [0.15, 0.2) is 48.5 Å². The molecule has 0 aromatic heterocycles. The van der Waals surface area contributed by atoms with Crippen molar-refractivity contribution in [2.45, 2.75) is 26.3 Å². The summed E-state index contributed by atoms with van der Waals surface area (Å²) in [6.45, 7) is 4.41. The van der Waals surface area contributed by atoms with Crippen LogP contribution in [0.3, 0.4) is 0 Å². The van der Waals surface area contributed by atoms with Gasteiger partial charge < -0.3 is 15.0 Å². The standard InChI is InChI=1S/C20H22N2O3/c1-3-25-20(24)19(15-7-5-4-6-8-15)21-17-9-10-18-16(13-17)11-12-22(18)14(2)23/h4-10,13,19,21H,3,11-12H2,1-2H3. The summed E-state index contributed by atoms with van der Waals surface area (Å²) in [5.41, 5.74) is 3.75. The Morgan fingerprint density at radius 1 is 1.20 bits per heavy atom. The Balaban J connectivity index is 1.85. The molecule has 1 aliphatic rings. The number of benzene rings is 2. The topological polar surface area (TPSA) is 58.6 Å². The van der Waals surface area contributed by atoms with E-state index in [2.05, 4.69) is 5.32 Å². The first-order valence-corrected chi connectivity index (χ1v) is 8.49. The van der Waals surface area contributed by atoms with Crippen LogP contribution in [0, 0.1) is 0 Å². The fourth-order valence-corrected chi connectivity index (χ4v) is 3.13. The summed E-state index contributed by atoms with van der Waals surface area (Å²) in [4.78, 5) is 25.8. The zero-order valence-corrected chi connectivity index (χ0v) is 14.5. The van der Waals surface area contributed by atoms with Crippen molar-refractivity contribution in [1.82, 2.24) is 0 Å². The molecule has 25 heavy (non-hydrogen) atoms. The monoisotopic (exact) mass is 338 g/mol. The molecule has 0 aliphatic carbocycles. The Kier molecular flexibility index (Phi) is 5.03. The number of carbonyl (C=O) groups is 2. The van der Waals surface area contributed by atoms with Crippen LogP contribution in [0.1, 0.15) is 31.0 Å². The van der Waals surface area contributed by atoms with Crippen LogP contribution in [0.4, 0.5) is 11.4 Å². The highest BCUT2D eigenvalue weighted by molar-refractivity contribution is 5.94. The summed E-state index contributed by atoms with van der Waals surface area (Å²) in [6, 6.07) is 14.8. The summed E-state index contributed by atoms with van der Waals surface area (Å²) in [5.74, 6) is -0.257. The third-order valence-corrected chi connectivity index (χ3v) is 4.32. The molecule has 1 N–H and O–H groups in total. The largest absolute Gasteiger partial charge is 0.464 e. The van der Waals surface area contributed by atoms with Crippen LogP contribution in [-0.2, 0) is 20.7 Å². The molecule has 3 rings (SSSR count). The van der Waals surface area contributed by atoms with Gasteiger partial charge in [-0.2, -0.15) is 0 Å². The number of nitrogens with zero attached hydrogens (tertiary/aromatic N) is 1. The molecule has 1 atom stereocenters. The molecule has 130 valence electrons. The van der Waals surface area contributed by atoms with Crippen LogP contribution in [0.5, 0.6) is 0 Å². The van der Waals surface area contributed by atoms with Gasteiger partial charge in [-0.1, -0.05) is 30.3 Å². The third-order valence-electron chi connectivity index (χ3n) is 4.32. The van der Waals surface area contributed by atoms with E-state index in [-0.39, 0.29) is 11.9 Å². The molecule has 5 heteroatoms. The minimum absolute atomic E-state index is 0.0492. The van der Waals surface area contributed by atoms with Crippen molar-refractivity contribution in [1.29, 1.82) is 0 Å². The van der Waals surface area contributed by atoms with Crippen LogP contribution < -0.4 is 10.2 Å². The van der Waals surface area contributed by atoms with E-state index in [0.29, 0.717) is 13.2 Å². The summed E-state index contributed by atoms with van der Waals surface area (Å²) < 4.78 is 5.22. The predicted octanol–water partition coefficient (Wildman–Crippen LogP) is 3.31. The Labute approximate surface area is 147 Å². The quantitative estimate of drug-likeness (QED) is 0.850. The minimum Gasteiger partial charge on any atom is -0.464 e. The van der Waals surface area contributed by atoms with Gasteiger partial charge in [0.1, 0.15) is 0 Å². The lowest BCUT2D eigenvalue weighted by Crippen LogP contribution is -2.25. The number of amides is 1. The first-order valence-electron chi connectivity index (χ1n) is 8.49. The van der Waals surface area contributed by atoms with Crippen LogP contribution in [0.2, 0.25) is 0 Å². The number of anilines is 2. The number of hydrogen-bond acceptors (Lipinski definition) is 4. The van der Waals surface area contributed by atoms with Crippen molar-refractivity contribution in [2.24, 2.45) is 0 Å². The number of nitrogens with one attached hydrogen (secondary N) is 1. The molecule has 0 fully saturated rings. The second-order valence-electron chi connectivity index (χ2n) is 6.00. The van der Waals surface area contributed by atoms with Crippen molar-refractivity contribution >= 4 is 23.3 Å². The van der Waals surface area contributed by atoms with E-state index in [1.165, 1.54) is 0 Å². The van der Waals surface area contributed by atoms with Gasteiger partial charge in [-0.3, -0.25) is 4.79 Å².